The zero-order chi connectivity index (χ0) is 6.99. The average molecular weight is 140 g/mol. The van der Waals surface area contributed by atoms with Gasteiger partial charge in [-0.2, -0.15) is 0 Å². The number of hydrogen-bond acceptors (Lipinski definition) is 3. The molecule has 8 heavy (non-hydrogen) atoms. The summed E-state index contributed by atoms with van der Waals surface area (Å²) >= 11 is 0. The van der Waals surface area contributed by atoms with E-state index < -0.39 is 9.17 Å². The molecule has 0 fully saturated rings. The summed E-state index contributed by atoms with van der Waals surface area (Å²) in [5.74, 6) is 0. The van der Waals surface area contributed by atoms with Gasteiger partial charge in [-0.1, -0.05) is 0 Å². The van der Waals surface area contributed by atoms with Crippen molar-refractivity contribution in [1.29, 1.82) is 0 Å². The van der Waals surface area contributed by atoms with Crippen molar-refractivity contribution in [2.45, 2.75) is 0 Å². The van der Waals surface area contributed by atoms with E-state index in [1.54, 1.807) is 0 Å². The van der Waals surface area contributed by atoms with Crippen molar-refractivity contribution in [1.82, 2.24) is 0 Å². The van der Waals surface area contributed by atoms with Crippen molar-refractivity contribution in [2.75, 3.05) is 13.2 Å². The summed E-state index contributed by atoms with van der Waals surface area (Å²) in [5.41, 5.74) is 0. The fourth-order valence-electron chi connectivity index (χ4n) is 0. The van der Waals surface area contributed by atoms with Crippen LogP contribution in [0, 0.1) is 0 Å². The Bertz CT molecular complexity index is 48.4. The van der Waals surface area contributed by atoms with Crippen LogP contribution in [0.15, 0.2) is 0 Å². The van der Waals surface area contributed by atoms with Gasteiger partial charge in [-0.15, -0.1) is 0 Å². The summed E-state index contributed by atoms with van der Waals surface area (Å²) in [5, 5.41) is 15.2. The summed E-state index contributed by atoms with van der Waals surface area (Å²) in [6.07, 6.45) is 0. The molecule has 0 aliphatic carbocycles. The normalized spacial score (nSPS) is 6.75. The zero-order valence-electron chi connectivity index (χ0n) is 4.11. The van der Waals surface area contributed by atoms with Crippen LogP contribution in [-0.2, 0) is 4.46 Å². The van der Waals surface area contributed by atoms with Crippen LogP contribution in [0.3, 0.4) is 0 Å². The predicted octanol–water partition coefficient (Wildman–Crippen LogP) is -2.64. The van der Waals surface area contributed by atoms with Crippen molar-refractivity contribution in [3.05, 3.63) is 0 Å². The van der Waals surface area contributed by atoms with E-state index in [0.717, 1.165) is 0 Å². The van der Waals surface area contributed by atoms with Gasteiger partial charge in [0, 0.05) is 0 Å². The summed E-state index contributed by atoms with van der Waals surface area (Å²) in [4.78, 5) is 14.3. The van der Waals surface area contributed by atoms with Crippen LogP contribution < -0.4 is 0 Å². The average Bonchev–Trinajstić information content (AvgIpc) is 1.65. The summed E-state index contributed by atoms with van der Waals surface area (Å²) in [6, 6.07) is 0. The van der Waals surface area contributed by atoms with E-state index in [9.17, 15) is 0 Å². The highest BCUT2D eigenvalue weighted by molar-refractivity contribution is 6.22. The van der Waals surface area contributed by atoms with E-state index >= 15 is 0 Å². The molecule has 6 heteroatoms. The van der Waals surface area contributed by atoms with Crippen molar-refractivity contribution >= 4 is 9.17 Å². The molecule has 0 atom stereocenters. The van der Waals surface area contributed by atoms with E-state index in [1.165, 1.54) is 0 Å². The molecule has 0 aromatic heterocycles. The molecule has 0 spiro atoms. The van der Waals surface area contributed by atoms with E-state index in [2.05, 4.69) is 0 Å². The lowest BCUT2D eigenvalue weighted by Gasteiger charge is -1.70. The second kappa shape index (κ2) is 9.74. The Labute approximate surface area is 47.7 Å². The van der Waals surface area contributed by atoms with Gasteiger partial charge >= 0.3 is 9.17 Å². The van der Waals surface area contributed by atoms with Crippen LogP contribution in [-0.4, -0.2) is 42.2 Å². The van der Waals surface area contributed by atoms with Gasteiger partial charge in [0.05, 0.1) is 13.2 Å². The van der Waals surface area contributed by atoms with E-state index in [-0.39, 0.29) is 13.2 Å². The molecule has 0 rings (SSSR count). The van der Waals surface area contributed by atoms with Gasteiger partial charge < -0.3 is 19.8 Å². The minimum absolute atomic E-state index is 0.125. The summed E-state index contributed by atoms with van der Waals surface area (Å²) < 4.78 is 8.74. The Morgan fingerprint density at radius 1 is 1.12 bits per heavy atom. The van der Waals surface area contributed by atoms with Crippen LogP contribution >= 0.6 is 0 Å². The predicted molar refractivity (Wildman–Crippen MR) is 25.0 cm³/mol. The van der Waals surface area contributed by atoms with Gasteiger partial charge in [-0.05, 0) is 0 Å². The van der Waals surface area contributed by atoms with E-state index in [0.29, 0.717) is 0 Å². The molecule has 0 aromatic rings. The molecule has 0 aromatic carbocycles. The minimum atomic E-state index is -3.13. The van der Waals surface area contributed by atoms with E-state index in [1.807, 2.05) is 0 Å². The lowest BCUT2D eigenvalue weighted by Crippen LogP contribution is -1.90. The Balaban J connectivity index is 0. The van der Waals surface area contributed by atoms with Crippen molar-refractivity contribution in [3.8, 4) is 0 Å². The number of hydrogen-bond donors (Lipinski definition) is 4. The molecule has 0 amide bonds. The monoisotopic (exact) mass is 140 g/mol. The molecule has 0 saturated carbocycles. The number of aliphatic hydroxyl groups is 2. The fourth-order valence-corrected chi connectivity index (χ4v) is 0. The van der Waals surface area contributed by atoms with Gasteiger partial charge in [0.15, 0.2) is 0 Å². The third kappa shape index (κ3) is 395. The van der Waals surface area contributed by atoms with Gasteiger partial charge in [-0.25, -0.2) is 0 Å². The molecule has 4 N–H and O–H groups in total. The molecule has 0 aliphatic rings. The Morgan fingerprint density at radius 3 is 1.25 bits per heavy atom. The van der Waals surface area contributed by atoms with Crippen LogP contribution in [0.2, 0.25) is 0 Å². The second-order valence-electron chi connectivity index (χ2n) is 0.730. The SMILES string of the molecule is O=[Si](O)O.OCCO. The van der Waals surface area contributed by atoms with Crippen molar-refractivity contribution < 1.29 is 24.3 Å². The molecular formula is C2H8O5Si. The molecule has 0 aliphatic heterocycles. The summed E-state index contributed by atoms with van der Waals surface area (Å²) in [7, 11) is -3.13. The molecule has 0 radical (unpaired) electrons. The highest BCUT2D eigenvalue weighted by Gasteiger charge is 1.85. The number of rotatable bonds is 1. The highest BCUT2D eigenvalue weighted by Crippen LogP contribution is 1.39. The quantitative estimate of drug-likeness (QED) is 0.298. The topological polar surface area (TPSA) is 98.0 Å². The highest BCUT2D eigenvalue weighted by atomic mass is 28.3. The first kappa shape index (κ1) is 10.5. The largest absolute Gasteiger partial charge is 0.761 e. The first-order valence-corrected chi connectivity index (χ1v) is 3.09. The van der Waals surface area contributed by atoms with Gasteiger partial charge in [0.2, 0.25) is 0 Å². The smallest absolute Gasteiger partial charge is 0.511 e. The third-order valence-corrected chi connectivity index (χ3v) is 0.1000. The van der Waals surface area contributed by atoms with Crippen molar-refractivity contribution in [2.24, 2.45) is 0 Å². The van der Waals surface area contributed by atoms with Crippen LogP contribution in [0.1, 0.15) is 0 Å². The van der Waals surface area contributed by atoms with Gasteiger partial charge in [0.25, 0.3) is 0 Å². The Hall–Kier alpha value is -0.463. The number of aliphatic hydroxyl groups excluding tert-OH is 2. The molecule has 50 valence electrons. The van der Waals surface area contributed by atoms with Gasteiger partial charge in [-0.3, -0.25) is 4.46 Å². The zero-order valence-corrected chi connectivity index (χ0v) is 5.11. The van der Waals surface area contributed by atoms with Crippen molar-refractivity contribution in [3.63, 3.8) is 0 Å². The first-order valence-electron chi connectivity index (χ1n) is 1.78. The molecule has 0 bridgehead atoms. The second-order valence-corrected chi connectivity index (χ2v) is 1.29. The molecule has 0 unspecified atom stereocenters. The molecule has 5 nitrogen and oxygen atoms in total. The van der Waals surface area contributed by atoms with Crippen LogP contribution in [0.5, 0.6) is 0 Å². The first-order chi connectivity index (χ1) is 3.65. The molecular weight excluding hydrogens is 132 g/mol. The standard InChI is InChI=1S/C2H6O2.H2O3Si/c3-1-2-4;1-4(2)3/h3-4H,1-2H2;1-2H. The maximum atomic E-state index is 8.74. The van der Waals surface area contributed by atoms with Crippen LogP contribution in [0.25, 0.3) is 0 Å². The maximum absolute atomic E-state index is 8.74. The molecule has 0 heterocycles. The van der Waals surface area contributed by atoms with Gasteiger partial charge in [0.1, 0.15) is 0 Å². The fraction of sp³-hybridized carbons (Fsp3) is 1.00. The minimum Gasteiger partial charge on any atom is -0.511 e. The maximum Gasteiger partial charge on any atom is 0.761 e. The van der Waals surface area contributed by atoms with Crippen LogP contribution in [0.4, 0.5) is 0 Å². The Morgan fingerprint density at radius 2 is 1.25 bits per heavy atom. The lowest BCUT2D eigenvalue weighted by molar-refractivity contribution is 0.186. The summed E-state index contributed by atoms with van der Waals surface area (Å²) in [6.45, 7) is -0.250. The lowest BCUT2D eigenvalue weighted by atomic mass is 10.8. The Kier molecular flexibility index (Phi) is 12.8. The van der Waals surface area contributed by atoms with E-state index in [4.69, 9.17) is 24.3 Å². The third-order valence-electron chi connectivity index (χ3n) is 0.1000. The molecule has 0 saturated heterocycles.